The number of aryl methyl sites for hydroxylation is 2. The molecule has 0 aliphatic carbocycles. The lowest BCUT2D eigenvalue weighted by atomic mass is 10.0. The van der Waals surface area contributed by atoms with Crippen molar-refractivity contribution >= 4 is 5.95 Å². The molecule has 0 atom stereocenters. The van der Waals surface area contributed by atoms with Crippen LogP contribution in [0.25, 0.3) is 0 Å². The van der Waals surface area contributed by atoms with E-state index in [0.717, 1.165) is 55.4 Å². The third-order valence-corrected chi connectivity index (χ3v) is 4.24. The first-order valence-electron chi connectivity index (χ1n) is 7.78. The van der Waals surface area contributed by atoms with Gasteiger partial charge in [0.2, 0.25) is 5.95 Å². The normalized spacial score (nSPS) is 16.9. The first-order valence-corrected chi connectivity index (χ1v) is 7.78. The number of likely N-dealkylation sites (tertiary alicyclic amines) is 1. The third-order valence-electron chi connectivity index (χ3n) is 4.24. The second kappa shape index (κ2) is 6.44. The predicted octanol–water partition coefficient (Wildman–Crippen LogP) is 2.18. The van der Waals surface area contributed by atoms with Gasteiger partial charge >= 0.3 is 0 Å². The lowest BCUT2D eigenvalue weighted by Crippen LogP contribution is -2.43. The van der Waals surface area contributed by atoms with Crippen LogP contribution < -0.4 is 4.90 Å². The molecule has 6 heteroatoms. The van der Waals surface area contributed by atoms with E-state index in [9.17, 15) is 0 Å². The maximum Gasteiger partial charge on any atom is 0.225 e. The zero-order valence-corrected chi connectivity index (χ0v) is 13.5. The number of rotatable bonds is 4. The van der Waals surface area contributed by atoms with Crippen molar-refractivity contribution in [2.45, 2.75) is 39.3 Å². The number of aromatic nitrogens is 3. The molecule has 0 bridgehead atoms. The Morgan fingerprint density at radius 1 is 1.23 bits per heavy atom. The van der Waals surface area contributed by atoms with E-state index in [0.29, 0.717) is 6.04 Å². The summed E-state index contributed by atoms with van der Waals surface area (Å²) in [6.07, 6.45) is 5.97. The predicted molar refractivity (Wildman–Crippen MR) is 84.7 cm³/mol. The van der Waals surface area contributed by atoms with Crippen molar-refractivity contribution < 1.29 is 4.52 Å². The minimum Gasteiger partial charge on any atom is -0.360 e. The summed E-state index contributed by atoms with van der Waals surface area (Å²) in [5, 5.41) is 3.95. The van der Waals surface area contributed by atoms with Crippen LogP contribution in [0.2, 0.25) is 0 Å². The van der Waals surface area contributed by atoms with E-state index in [2.05, 4.69) is 32.0 Å². The highest BCUT2D eigenvalue weighted by molar-refractivity contribution is 5.30. The van der Waals surface area contributed by atoms with Gasteiger partial charge in [0.25, 0.3) is 0 Å². The molecule has 2 aromatic rings. The van der Waals surface area contributed by atoms with Crippen LogP contribution in [-0.4, -0.2) is 46.2 Å². The third kappa shape index (κ3) is 3.44. The molecule has 0 unspecified atom stereocenters. The first kappa shape index (κ1) is 15.0. The maximum absolute atomic E-state index is 5.30. The van der Waals surface area contributed by atoms with Gasteiger partial charge in [-0.25, -0.2) is 9.97 Å². The summed E-state index contributed by atoms with van der Waals surface area (Å²) in [4.78, 5) is 13.5. The van der Waals surface area contributed by atoms with Crippen molar-refractivity contribution in [3.63, 3.8) is 0 Å². The van der Waals surface area contributed by atoms with Crippen LogP contribution in [0.3, 0.4) is 0 Å². The van der Waals surface area contributed by atoms with Gasteiger partial charge in [0.1, 0.15) is 0 Å². The highest BCUT2D eigenvalue weighted by atomic mass is 16.5. The van der Waals surface area contributed by atoms with Crippen LogP contribution >= 0.6 is 0 Å². The second-order valence-electron chi connectivity index (χ2n) is 6.11. The van der Waals surface area contributed by atoms with E-state index < -0.39 is 0 Å². The van der Waals surface area contributed by atoms with E-state index in [1.807, 2.05) is 32.3 Å². The van der Waals surface area contributed by atoms with Gasteiger partial charge in [-0.3, -0.25) is 4.90 Å². The number of anilines is 1. The van der Waals surface area contributed by atoms with Crippen molar-refractivity contribution in [2.75, 3.05) is 25.0 Å². The summed E-state index contributed by atoms with van der Waals surface area (Å²) in [6, 6.07) is 2.51. The topological polar surface area (TPSA) is 58.3 Å². The van der Waals surface area contributed by atoms with E-state index in [4.69, 9.17) is 4.52 Å². The van der Waals surface area contributed by atoms with E-state index in [-0.39, 0.29) is 0 Å². The van der Waals surface area contributed by atoms with Gasteiger partial charge in [0.05, 0.1) is 12.2 Å². The monoisotopic (exact) mass is 301 g/mol. The molecule has 22 heavy (non-hydrogen) atoms. The minimum atomic E-state index is 0.496. The molecular formula is C16H23N5O. The molecule has 6 nitrogen and oxygen atoms in total. The fourth-order valence-corrected chi connectivity index (χ4v) is 2.91. The second-order valence-corrected chi connectivity index (χ2v) is 6.11. The van der Waals surface area contributed by atoms with Crippen molar-refractivity contribution in [3.05, 3.63) is 35.5 Å². The standard InChI is InChI=1S/C16H23N5O/c1-12-9-17-16(18-10-12)20(3)14-4-6-21(7-5-14)11-15-8-13(2)19-22-15/h8-10,14H,4-7,11H2,1-3H3. The van der Waals surface area contributed by atoms with Gasteiger partial charge in [-0.1, -0.05) is 5.16 Å². The zero-order valence-electron chi connectivity index (χ0n) is 13.5. The molecule has 2 aromatic heterocycles. The van der Waals surface area contributed by atoms with Crippen molar-refractivity contribution in [1.29, 1.82) is 0 Å². The van der Waals surface area contributed by atoms with Gasteiger partial charge < -0.3 is 9.42 Å². The Morgan fingerprint density at radius 3 is 2.50 bits per heavy atom. The van der Waals surface area contributed by atoms with Crippen molar-refractivity contribution in [3.8, 4) is 0 Å². The summed E-state index contributed by atoms with van der Waals surface area (Å²) < 4.78 is 5.30. The Kier molecular flexibility index (Phi) is 4.38. The number of hydrogen-bond acceptors (Lipinski definition) is 6. The highest BCUT2D eigenvalue weighted by Crippen LogP contribution is 2.20. The molecule has 0 amide bonds. The fraction of sp³-hybridized carbons (Fsp3) is 0.562. The molecule has 0 spiro atoms. The van der Waals surface area contributed by atoms with Gasteiger partial charge in [-0.15, -0.1) is 0 Å². The quantitative estimate of drug-likeness (QED) is 0.862. The summed E-state index contributed by atoms with van der Waals surface area (Å²) in [5.41, 5.74) is 2.04. The van der Waals surface area contributed by atoms with Crippen LogP contribution in [0.15, 0.2) is 23.0 Å². The van der Waals surface area contributed by atoms with E-state index in [1.165, 1.54) is 0 Å². The summed E-state index contributed by atoms with van der Waals surface area (Å²) in [7, 11) is 2.09. The molecule has 1 fully saturated rings. The number of piperidine rings is 1. The van der Waals surface area contributed by atoms with Crippen LogP contribution in [-0.2, 0) is 6.54 Å². The van der Waals surface area contributed by atoms with Crippen LogP contribution in [0.5, 0.6) is 0 Å². The fourth-order valence-electron chi connectivity index (χ4n) is 2.91. The molecule has 3 rings (SSSR count). The number of nitrogens with zero attached hydrogens (tertiary/aromatic N) is 5. The Morgan fingerprint density at radius 2 is 1.91 bits per heavy atom. The summed E-state index contributed by atoms with van der Waals surface area (Å²) >= 11 is 0. The van der Waals surface area contributed by atoms with Crippen molar-refractivity contribution in [2.24, 2.45) is 0 Å². The van der Waals surface area contributed by atoms with Gasteiger partial charge in [-0.05, 0) is 32.3 Å². The largest absolute Gasteiger partial charge is 0.360 e. The van der Waals surface area contributed by atoms with Crippen LogP contribution in [0, 0.1) is 13.8 Å². The SMILES string of the molecule is Cc1cnc(N(C)C2CCN(Cc3cc(C)no3)CC2)nc1. The minimum absolute atomic E-state index is 0.496. The molecule has 0 saturated carbocycles. The number of hydrogen-bond donors (Lipinski definition) is 0. The lowest BCUT2D eigenvalue weighted by Gasteiger charge is -2.36. The van der Waals surface area contributed by atoms with Crippen molar-refractivity contribution in [1.82, 2.24) is 20.0 Å². The Labute approximate surface area is 131 Å². The first-order chi connectivity index (χ1) is 10.6. The van der Waals surface area contributed by atoms with Gasteiger partial charge in [-0.2, -0.15) is 0 Å². The Bertz CT molecular complexity index is 601. The maximum atomic E-state index is 5.30. The zero-order chi connectivity index (χ0) is 15.5. The van der Waals surface area contributed by atoms with E-state index in [1.54, 1.807) is 0 Å². The average Bonchev–Trinajstić information content (AvgIpc) is 2.93. The Hall–Kier alpha value is -1.95. The smallest absolute Gasteiger partial charge is 0.225 e. The lowest BCUT2D eigenvalue weighted by molar-refractivity contribution is 0.183. The molecule has 1 aliphatic rings. The molecule has 0 radical (unpaired) electrons. The molecule has 1 aliphatic heterocycles. The highest BCUT2D eigenvalue weighted by Gasteiger charge is 2.24. The molecular weight excluding hydrogens is 278 g/mol. The molecule has 3 heterocycles. The average molecular weight is 301 g/mol. The molecule has 0 N–H and O–H groups in total. The Balaban J connectivity index is 1.53. The van der Waals surface area contributed by atoms with Crippen LogP contribution in [0.1, 0.15) is 29.9 Å². The summed E-state index contributed by atoms with van der Waals surface area (Å²) in [6.45, 7) is 6.92. The van der Waals surface area contributed by atoms with Crippen LogP contribution in [0.4, 0.5) is 5.95 Å². The molecule has 118 valence electrons. The van der Waals surface area contributed by atoms with E-state index >= 15 is 0 Å². The molecule has 1 saturated heterocycles. The molecule has 0 aromatic carbocycles. The van der Waals surface area contributed by atoms with Gasteiger partial charge in [0, 0.05) is 44.6 Å². The van der Waals surface area contributed by atoms with Gasteiger partial charge in [0.15, 0.2) is 5.76 Å². The summed E-state index contributed by atoms with van der Waals surface area (Å²) in [5.74, 6) is 1.76.